The van der Waals surface area contributed by atoms with Gasteiger partial charge in [0.15, 0.2) is 0 Å². The number of rotatable bonds is 6. The Labute approximate surface area is 197 Å². The van der Waals surface area contributed by atoms with Crippen molar-refractivity contribution in [3.05, 3.63) is 66.2 Å². The third-order valence-corrected chi connectivity index (χ3v) is 6.71. The summed E-state index contributed by atoms with van der Waals surface area (Å²) in [7, 11) is 0. The maximum absolute atomic E-state index is 12.7. The first-order chi connectivity index (χ1) is 16.0. The van der Waals surface area contributed by atoms with Crippen molar-refractivity contribution >= 4 is 35.2 Å². The Bertz CT molecular complexity index is 969. The molecule has 0 aliphatic carbocycles. The van der Waals surface area contributed by atoms with E-state index in [0.29, 0.717) is 18.7 Å². The van der Waals surface area contributed by atoms with Gasteiger partial charge < -0.3 is 26.2 Å². The second-order valence-electron chi connectivity index (χ2n) is 7.91. The van der Waals surface area contributed by atoms with Crippen molar-refractivity contribution in [1.29, 1.82) is 0 Å². The van der Waals surface area contributed by atoms with E-state index in [1.54, 1.807) is 24.3 Å². The Balaban J connectivity index is 1.22. The molecule has 9 nitrogen and oxygen atoms in total. The molecule has 0 radical (unpaired) electrons. The summed E-state index contributed by atoms with van der Waals surface area (Å²) in [5.74, 6) is -0.510. The molecule has 2 fully saturated rings. The third-order valence-electron chi connectivity index (χ3n) is 5.71. The van der Waals surface area contributed by atoms with Crippen molar-refractivity contribution in [2.45, 2.75) is 17.7 Å². The van der Waals surface area contributed by atoms with E-state index >= 15 is 0 Å². The Kier molecular flexibility index (Phi) is 7.48. The zero-order valence-corrected chi connectivity index (χ0v) is 19.0. The van der Waals surface area contributed by atoms with Gasteiger partial charge in [-0.05, 0) is 24.3 Å². The van der Waals surface area contributed by atoms with Crippen LogP contribution in [0.1, 0.15) is 10.4 Å². The molecule has 5 N–H and O–H groups in total. The van der Waals surface area contributed by atoms with Crippen LogP contribution in [-0.2, 0) is 9.59 Å². The number of piperazine rings is 1. The van der Waals surface area contributed by atoms with Gasteiger partial charge in [-0.3, -0.25) is 19.7 Å². The number of nitrogens with one attached hydrogen (secondary N) is 3. The number of carbonyl (C=O) groups is 3. The number of nitrogens with two attached hydrogens (primary N) is 1. The predicted octanol–water partition coefficient (Wildman–Crippen LogP) is 0.155. The lowest BCUT2D eigenvalue weighted by Crippen LogP contribution is -2.70. The molecule has 3 atom stereocenters. The van der Waals surface area contributed by atoms with Crippen molar-refractivity contribution < 1.29 is 14.4 Å². The van der Waals surface area contributed by atoms with E-state index in [0.717, 1.165) is 18.8 Å². The van der Waals surface area contributed by atoms with E-state index < -0.39 is 17.7 Å². The molecule has 3 amide bonds. The van der Waals surface area contributed by atoms with Crippen molar-refractivity contribution in [2.75, 3.05) is 36.8 Å². The topological polar surface area (TPSA) is 120 Å². The molecule has 3 unspecified atom stereocenters. The lowest BCUT2D eigenvalue weighted by Gasteiger charge is -2.37. The van der Waals surface area contributed by atoms with Crippen LogP contribution in [0.15, 0.2) is 60.7 Å². The first-order valence-electron chi connectivity index (χ1n) is 10.9. The van der Waals surface area contributed by atoms with Crippen LogP contribution in [0.25, 0.3) is 0 Å². The van der Waals surface area contributed by atoms with Crippen molar-refractivity contribution in [3.8, 4) is 0 Å². The monoisotopic (exact) mass is 468 g/mol. The summed E-state index contributed by atoms with van der Waals surface area (Å²) in [6, 6.07) is 17.9. The van der Waals surface area contributed by atoms with Crippen LogP contribution < -0.4 is 26.6 Å². The van der Waals surface area contributed by atoms with Gasteiger partial charge in [0.1, 0.15) is 11.5 Å². The lowest BCUT2D eigenvalue weighted by molar-refractivity contribution is -0.129. The molecule has 0 saturated carbocycles. The van der Waals surface area contributed by atoms with Gasteiger partial charge >= 0.3 is 0 Å². The molecule has 174 valence electrons. The highest BCUT2D eigenvalue weighted by molar-refractivity contribution is 8.00. The summed E-state index contributed by atoms with van der Waals surface area (Å²) in [5, 5.41) is 8.50. The van der Waals surface area contributed by atoms with Gasteiger partial charge in [0.05, 0.1) is 11.9 Å². The lowest BCUT2D eigenvalue weighted by atomic mass is 10.1. The molecule has 2 aromatic carbocycles. The Hall–Kier alpha value is -3.08. The SMILES string of the molecule is NC1NC(SCC(=O)N2CCN(c3ccccc3)CC2)NC(=O)C1NC(=O)c1ccccc1. The average molecular weight is 469 g/mol. The van der Waals surface area contributed by atoms with Gasteiger partial charge in [-0.1, -0.05) is 36.4 Å². The van der Waals surface area contributed by atoms with E-state index in [4.69, 9.17) is 5.73 Å². The third kappa shape index (κ3) is 5.84. The number of anilines is 1. The molecule has 0 spiro atoms. The van der Waals surface area contributed by atoms with Crippen LogP contribution in [0.3, 0.4) is 0 Å². The Morgan fingerprint density at radius 3 is 2.27 bits per heavy atom. The number of hydrogen-bond acceptors (Lipinski definition) is 7. The van der Waals surface area contributed by atoms with Crippen LogP contribution in [0.4, 0.5) is 5.69 Å². The summed E-state index contributed by atoms with van der Waals surface area (Å²) in [6.07, 6.45) is -0.770. The van der Waals surface area contributed by atoms with E-state index in [-0.39, 0.29) is 23.5 Å². The molecule has 0 aromatic heterocycles. The van der Waals surface area contributed by atoms with Crippen molar-refractivity contribution in [2.24, 2.45) is 5.73 Å². The standard InChI is InChI=1S/C23H28N6O3S/c24-20-19(25-21(31)16-7-3-1-4-8-16)22(32)27-23(26-20)33-15-18(30)29-13-11-28(12-14-29)17-9-5-2-6-10-17/h1-10,19-20,23,26H,11-15,24H2,(H,25,31)(H,27,32). The van der Waals surface area contributed by atoms with Crippen molar-refractivity contribution in [1.82, 2.24) is 20.9 Å². The number of nitrogens with zero attached hydrogens (tertiary/aromatic N) is 2. The molecule has 10 heteroatoms. The molecule has 2 saturated heterocycles. The smallest absolute Gasteiger partial charge is 0.252 e. The average Bonchev–Trinajstić information content (AvgIpc) is 2.86. The predicted molar refractivity (Wildman–Crippen MR) is 128 cm³/mol. The first kappa shape index (κ1) is 23.1. The first-order valence-corrected chi connectivity index (χ1v) is 11.9. The second-order valence-corrected chi connectivity index (χ2v) is 9.01. The summed E-state index contributed by atoms with van der Waals surface area (Å²) in [4.78, 5) is 41.7. The van der Waals surface area contributed by atoms with Gasteiger partial charge in [0, 0.05) is 37.4 Å². The fraction of sp³-hybridized carbons (Fsp3) is 0.348. The minimum Gasteiger partial charge on any atom is -0.368 e. The van der Waals surface area contributed by atoms with Gasteiger partial charge in [0.2, 0.25) is 11.8 Å². The molecule has 2 aromatic rings. The van der Waals surface area contributed by atoms with Gasteiger partial charge in [-0.25, -0.2) is 0 Å². The van der Waals surface area contributed by atoms with Crippen LogP contribution in [0.5, 0.6) is 0 Å². The zero-order chi connectivity index (χ0) is 23.2. The van der Waals surface area contributed by atoms with Gasteiger partial charge in [-0.15, -0.1) is 11.8 Å². The quantitative estimate of drug-likeness (QED) is 0.477. The fourth-order valence-electron chi connectivity index (χ4n) is 3.85. The normalized spacial score (nSPS) is 23.1. The Morgan fingerprint density at radius 2 is 1.64 bits per heavy atom. The van der Waals surface area contributed by atoms with Crippen LogP contribution in [-0.4, -0.2) is 72.3 Å². The van der Waals surface area contributed by atoms with E-state index in [9.17, 15) is 14.4 Å². The molecule has 2 heterocycles. The minimum atomic E-state index is -0.906. The Morgan fingerprint density at radius 1 is 1.00 bits per heavy atom. The molecule has 2 aliphatic rings. The minimum absolute atomic E-state index is 0.0248. The largest absolute Gasteiger partial charge is 0.368 e. The highest BCUT2D eigenvalue weighted by Gasteiger charge is 2.35. The van der Waals surface area contributed by atoms with E-state index in [1.165, 1.54) is 11.8 Å². The van der Waals surface area contributed by atoms with Crippen LogP contribution in [0.2, 0.25) is 0 Å². The van der Waals surface area contributed by atoms with Crippen LogP contribution >= 0.6 is 11.8 Å². The van der Waals surface area contributed by atoms with Gasteiger partial charge in [0.25, 0.3) is 5.91 Å². The number of hydrogen-bond donors (Lipinski definition) is 4. The maximum Gasteiger partial charge on any atom is 0.252 e. The fourth-order valence-corrected chi connectivity index (χ4v) is 4.80. The highest BCUT2D eigenvalue weighted by Crippen LogP contribution is 2.17. The molecule has 2 aliphatic heterocycles. The number of para-hydroxylation sites is 1. The van der Waals surface area contributed by atoms with Crippen LogP contribution in [0, 0.1) is 0 Å². The van der Waals surface area contributed by atoms with E-state index in [2.05, 4.69) is 33.0 Å². The summed E-state index contributed by atoms with van der Waals surface area (Å²) in [6.45, 7) is 2.89. The molecule has 33 heavy (non-hydrogen) atoms. The number of carbonyl (C=O) groups excluding carboxylic acids is 3. The number of thioether (sulfide) groups is 1. The second kappa shape index (κ2) is 10.7. The number of benzene rings is 2. The van der Waals surface area contributed by atoms with E-state index in [1.807, 2.05) is 29.2 Å². The number of amides is 3. The summed E-state index contributed by atoms with van der Waals surface area (Å²) in [5.41, 5.74) is 7.21. The molecule has 0 bridgehead atoms. The van der Waals surface area contributed by atoms with Crippen molar-refractivity contribution in [3.63, 3.8) is 0 Å². The summed E-state index contributed by atoms with van der Waals surface area (Å²) >= 11 is 1.28. The highest BCUT2D eigenvalue weighted by atomic mass is 32.2. The zero-order valence-electron chi connectivity index (χ0n) is 18.1. The summed E-state index contributed by atoms with van der Waals surface area (Å²) < 4.78 is 0. The maximum atomic E-state index is 12.7. The molecular formula is C23H28N6O3S. The van der Waals surface area contributed by atoms with Gasteiger partial charge in [-0.2, -0.15) is 0 Å². The molecule has 4 rings (SSSR count). The molecular weight excluding hydrogens is 440 g/mol.